The summed E-state index contributed by atoms with van der Waals surface area (Å²) in [7, 11) is -3.20. The summed E-state index contributed by atoms with van der Waals surface area (Å²) in [4.78, 5) is 10.8. The smallest absolute Gasteiger partial charge is 0.165 e. The Bertz CT molecular complexity index is 719. The van der Waals surface area contributed by atoms with Crippen molar-refractivity contribution in [1.82, 2.24) is 5.32 Å². The highest BCUT2D eigenvalue weighted by Crippen LogP contribution is 2.25. The van der Waals surface area contributed by atoms with Gasteiger partial charge in [0.15, 0.2) is 21.4 Å². The normalized spacial score (nSPS) is 12.6. The number of ketones is 1. The van der Waals surface area contributed by atoms with E-state index in [1.165, 1.54) is 19.1 Å². The summed E-state index contributed by atoms with van der Waals surface area (Å²) in [6, 6.07) is 4.45. The molecule has 1 aromatic rings. The van der Waals surface area contributed by atoms with Crippen LogP contribution in [0, 0.1) is 5.82 Å². The lowest BCUT2D eigenvalue weighted by molar-refractivity contribution is -0.116. The first-order chi connectivity index (χ1) is 12.7. The molecule has 1 aromatic carbocycles. The predicted octanol–water partition coefficient (Wildman–Crippen LogP) is 3.26. The van der Waals surface area contributed by atoms with Gasteiger partial charge >= 0.3 is 0 Å². The van der Waals surface area contributed by atoms with Gasteiger partial charge < -0.3 is 10.1 Å². The van der Waals surface area contributed by atoms with Gasteiger partial charge in [-0.25, -0.2) is 12.8 Å². The zero-order chi connectivity index (χ0) is 20.3. The van der Waals surface area contributed by atoms with Crippen molar-refractivity contribution in [3.63, 3.8) is 0 Å². The van der Waals surface area contributed by atoms with Crippen LogP contribution in [0.25, 0.3) is 0 Å². The Kier molecular flexibility index (Phi) is 10.3. The van der Waals surface area contributed by atoms with Crippen LogP contribution in [-0.2, 0) is 14.6 Å². The van der Waals surface area contributed by atoms with Crippen LogP contribution in [0.3, 0.4) is 0 Å². The molecule has 0 saturated carbocycles. The Morgan fingerprint density at radius 3 is 2.74 bits per heavy atom. The van der Waals surface area contributed by atoms with Crippen molar-refractivity contribution in [2.45, 2.75) is 39.0 Å². The average molecular weight is 400 g/mol. The summed E-state index contributed by atoms with van der Waals surface area (Å²) in [6.07, 6.45) is 3.73. The highest BCUT2D eigenvalue weighted by atomic mass is 32.2. The van der Waals surface area contributed by atoms with E-state index in [1.807, 2.05) is 6.92 Å². The van der Waals surface area contributed by atoms with Gasteiger partial charge in [0.05, 0.1) is 18.1 Å². The number of hydrogen-bond donors (Lipinski definition) is 1. The number of unbranched alkanes of at least 4 members (excludes halogenated alkanes) is 2. The minimum atomic E-state index is -3.20. The molecule has 0 aliphatic heterocycles. The van der Waals surface area contributed by atoms with Crippen molar-refractivity contribution in [3.05, 3.63) is 42.2 Å². The first-order valence-electron chi connectivity index (χ1n) is 9.19. The average Bonchev–Trinajstić information content (AvgIpc) is 2.59. The van der Waals surface area contributed by atoms with Crippen molar-refractivity contribution in [2.75, 3.05) is 31.2 Å². The van der Waals surface area contributed by atoms with E-state index in [0.717, 1.165) is 18.4 Å². The Morgan fingerprint density at radius 1 is 1.33 bits per heavy atom. The molecule has 0 spiro atoms. The van der Waals surface area contributed by atoms with Crippen molar-refractivity contribution < 1.29 is 22.3 Å². The minimum absolute atomic E-state index is 0.0160. The third-order valence-electron chi connectivity index (χ3n) is 4.07. The molecule has 0 aliphatic carbocycles. The Hall–Kier alpha value is -1.73. The van der Waals surface area contributed by atoms with Gasteiger partial charge in [0.1, 0.15) is 12.4 Å². The third kappa shape index (κ3) is 9.68. The van der Waals surface area contributed by atoms with E-state index in [1.54, 1.807) is 12.1 Å². The zero-order valence-electron chi connectivity index (χ0n) is 16.2. The van der Waals surface area contributed by atoms with Gasteiger partial charge in [-0.3, -0.25) is 4.79 Å². The summed E-state index contributed by atoms with van der Waals surface area (Å²) in [6.45, 7) is 8.11. The van der Waals surface area contributed by atoms with Crippen molar-refractivity contribution >= 4 is 15.6 Å². The molecule has 5 nitrogen and oxygen atoms in total. The molecular weight excluding hydrogens is 369 g/mol. The van der Waals surface area contributed by atoms with Crippen LogP contribution in [0.15, 0.2) is 30.9 Å². The molecule has 0 aliphatic rings. The molecule has 0 radical (unpaired) electrons. The van der Waals surface area contributed by atoms with Gasteiger partial charge in [-0.1, -0.05) is 32.1 Å². The van der Waals surface area contributed by atoms with E-state index >= 15 is 0 Å². The van der Waals surface area contributed by atoms with E-state index in [2.05, 4.69) is 11.9 Å². The number of ether oxygens (including phenoxy) is 1. The maximum absolute atomic E-state index is 13.7. The third-order valence-corrected chi connectivity index (χ3v) is 5.99. The number of halogens is 1. The number of carbonyl (C=O) groups excluding carboxylic acids is 1. The number of hydrogen-bond acceptors (Lipinski definition) is 5. The van der Waals surface area contributed by atoms with E-state index < -0.39 is 15.7 Å². The van der Waals surface area contributed by atoms with Crippen LogP contribution in [-0.4, -0.2) is 45.4 Å². The highest BCUT2D eigenvalue weighted by molar-refractivity contribution is 7.91. The summed E-state index contributed by atoms with van der Waals surface area (Å²) in [5.41, 5.74) is 0.729. The lowest BCUT2D eigenvalue weighted by atomic mass is 10.0. The molecule has 0 fully saturated rings. The van der Waals surface area contributed by atoms with E-state index in [-0.39, 0.29) is 35.6 Å². The molecule has 0 heterocycles. The number of rotatable bonds is 14. The van der Waals surface area contributed by atoms with E-state index in [0.29, 0.717) is 19.5 Å². The lowest BCUT2D eigenvalue weighted by Crippen LogP contribution is -2.22. The molecule has 0 unspecified atom stereocenters. The molecular formula is C20H30FNO4S. The topological polar surface area (TPSA) is 72.5 Å². The number of Topliss-reactive ketones (excluding diaryl/α,β-unsaturated/α-hetero) is 1. The fraction of sp³-hybridized carbons (Fsp3) is 0.550. The molecule has 1 N–H and O–H groups in total. The number of carbonyl (C=O) groups is 1. The molecule has 152 valence electrons. The summed E-state index contributed by atoms with van der Waals surface area (Å²) >= 11 is 0. The zero-order valence-corrected chi connectivity index (χ0v) is 17.0. The van der Waals surface area contributed by atoms with Crippen LogP contribution >= 0.6 is 0 Å². The fourth-order valence-corrected chi connectivity index (χ4v) is 4.42. The maximum Gasteiger partial charge on any atom is 0.165 e. The Balaban J connectivity index is 2.46. The second-order valence-corrected chi connectivity index (χ2v) is 8.97. The molecule has 0 bridgehead atoms. The monoisotopic (exact) mass is 399 g/mol. The minimum Gasteiger partial charge on any atom is -0.486 e. The molecule has 1 rings (SSSR count). The van der Waals surface area contributed by atoms with Crippen molar-refractivity contribution in [3.8, 4) is 5.75 Å². The van der Waals surface area contributed by atoms with Crippen LogP contribution in [0.2, 0.25) is 0 Å². The second kappa shape index (κ2) is 11.9. The van der Waals surface area contributed by atoms with Crippen LogP contribution < -0.4 is 10.1 Å². The predicted molar refractivity (Wildman–Crippen MR) is 107 cm³/mol. The van der Waals surface area contributed by atoms with E-state index in [4.69, 9.17) is 4.74 Å². The number of sulfone groups is 1. The second-order valence-electron chi connectivity index (χ2n) is 6.74. The largest absolute Gasteiger partial charge is 0.486 e. The van der Waals surface area contributed by atoms with Gasteiger partial charge in [0, 0.05) is 0 Å². The van der Waals surface area contributed by atoms with Crippen LogP contribution in [0.1, 0.15) is 44.6 Å². The standard InChI is InChI=1S/C20H30FNO4S/c1-4-11-26-20-13-18(8-9-19(20)21)16(2)15-27(24,25)12-7-5-6-10-22-14-17(3)23/h4,8-9,13,16,22H,1,5-7,10-12,14-15H2,2-3H3/t16-/m1/s1. The van der Waals surface area contributed by atoms with Crippen LogP contribution in [0.5, 0.6) is 5.75 Å². The van der Waals surface area contributed by atoms with Gasteiger partial charge in [0.25, 0.3) is 0 Å². The number of benzene rings is 1. The van der Waals surface area contributed by atoms with Gasteiger partial charge in [-0.15, -0.1) is 0 Å². The quantitative estimate of drug-likeness (QED) is 0.384. The molecule has 0 saturated heterocycles. The van der Waals surface area contributed by atoms with Crippen LogP contribution in [0.4, 0.5) is 4.39 Å². The highest BCUT2D eigenvalue weighted by Gasteiger charge is 2.18. The van der Waals surface area contributed by atoms with E-state index in [9.17, 15) is 17.6 Å². The van der Waals surface area contributed by atoms with Crippen molar-refractivity contribution in [2.24, 2.45) is 0 Å². The van der Waals surface area contributed by atoms with Crippen molar-refractivity contribution in [1.29, 1.82) is 0 Å². The summed E-state index contributed by atoms with van der Waals surface area (Å²) in [5.74, 6) is -0.388. The summed E-state index contributed by atoms with van der Waals surface area (Å²) in [5, 5.41) is 3.01. The lowest BCUT2D eigenvalue weighted by Gasteiger charge is -2.14. The van der Waals surface area contributed by atoms with Gasteiger partial charge in [-0.05, 0) is 49.9 Å². The maximum atomic E-state index is 13.7. The van der Waals surface area contributed by atoms with Gasteiger partial charge in [-0.2, -0.15) is 0 Å². The SMILES string of the molecule is C=CCOc1cc([C@H](C)CS(=O)(=O)CCCCCNCC(C)=O)ccc1F. The summed E-state index contributed by atoms with van der Waals surface area (Å²) < 4.78 is 43.7. The molecule has 1 atom stereocenters. The molecule has 7 heteroatoms. The fourth-order valence-electron chi connectivity index (χ4n) is 2.66. The molecule has 0 amide bonds. The first-order valence-corrected chi connectivity index (χ1v) is 11.0. The Labute approximate surface area is 161 Å². The Morgan fingerprint density at radius 2 is 2.07 bits per heavy atom. The number of nitrogens with one attached hydrogen (secondary N) is 1. The molecule has 27 heavy (non-hydrogen) atoms. The first kappa shape index (κ1) is 23.3. The molecule has 0 aromatic heterocycles. The van der Waals surface area contributed by atoms with Gasteiger partial charge in [0.2, 0.25) is 0 Å².